The summed E-state index contributed by atoms with van der Waals surface area (Å²) in [6.45, 7) is 0. The zero-order chi connectivity index (χ0) is 13.1. The molecule has 2 aromatic heterocycles. The fourth-order valence-electron chi connectivity index (χ4n) is 2.17. The summed E-state index contributed by atoms with van der Waals surface area (Å²) < 4.78 is 5.19. The molecule has 19 heavy (non-hydrogen) atoms. The SMILES string of the molecule is Nc1nccnc1-c1nc(CSC2CCCC2)no1. The number of thioether (sulfide) groups is 1. The molecule has 0 saturated heterocycles. The van der Waals surface area contributed by atoms with Crippen LogP contribution in [-0.2, 0) is 5.75 Å². The minimum Gasteiger partial charge on any atom is -0.382 e. The van der Waals surface area contributed by atoms with Crippen molar-refractivity contribution in [3.63, 3.8) is 0 Å². The van der Waals surface area contributed by atoms with Crippen LogP contribution in [0.5, 0.6) is 0 Å². The van der Waals surface area contributed by atoms with Crippen molar-refractivity contribution in [1.82, 2.24) is 20.1 Å². The monoisotopic (exact) mass is 277 g/mol. The van der Waals surface area contributed by atoms with Gasteiger partial charge in [0.1, 0.15) is 0 Å². The molecular formula is C12H15N5OS. The molecule has 0 aromatic carbocycles. The Morgan fingerprint density at radius 1 is 1.26 bits per heavy atom. The van der Waals surface area contributed by atoms with Crippen molar-refractivity contribution in [2.75, 3.05) is 5.73 Å². The van der Waals surface area contributed by atoms with Crippen LogP contribution in [0.25, 0.3) is 11.6 Å². The number of nitrogens with two attached hydrogens (primary N) is 1. The van der Waals surface area contributed by atoms with E-state index >= 15 is 0 Å². The number of nitrogens with zero attached hydrogens (tertiary/aromatic N) is 4. The summed E-state index contributed by atoms with van der Waals surface area (Å²) in [5, 5.41) is 4.70. The van der Waals surface area contributed by atoms with Gasteiger partial charge in [-0.15, -0.1) is 0 Å². The molecule has 100 valence electrons. The van der Waals surface area contributed by atoms with Gasteiger partial charge in [-0.25, -0.2) is 9.97 Å². The Hall–Kier alpha value is -1.63. The lowest BCUT2D eigenvalue weighted by molar-refractivity contribution is 0.424. The fourth-order valence-corrected chi connectivity index (χ4v) is 3.34. The Bertz CT molecular complexity index is 553. The minimum absolute atomic E-state index is 0.307. The highest BCUT2D eigenvalue weighted by Gasteiger charge is 2.18. The topological polar surface area (TPSA) is 90.7 Å². The van der Waals surface area contributed by atoms with Crippen LogP contribution in [0, 0.1) is 0 Å². The molecule has 0 atom stereocenters. The van der Waals surface area contributed by atoms with Crippen molar-refractivity contribution in [2.24, 2.45) is 0 Å². The molecule has 0 unspecified atom stereocenters. The minimum atomic E-state index is 0.307. The first-order valence-electron chi connectivity index (χ1n) is 6.34. The first kappa shape index (κ1) is 12.4. The Morgan fingerprint density at radius 2 is 2.05 bits per heavy atom. The third kappa shape index (κ3) is 2.86. The summed E-state index contributed by atoms with van der Waals surface area (Å²) in [4.78, 5) is 12.4. The van der Waals surface area contributed by atoms with Gasteiger partial charge in [-0.1, -0.05) is 18.0 Å². The number of aromatic nitrogens is 4. The van der Waals surface area contributed by atoms with Crippen molar-refractivity contribution in [2.45, 2.75) is 36.7 Å². The molecule has 0 aliphatic heterocycles. The Kier molecular flexibility index (Phi) is 3.63. The van der Waals surface area contributed by atoms with E-state index in [1.165, 1.54) is 31.9 Å². The standard InChI is InChI=1S/C12H15N5OS/c13-11-10(14-5-6-15-11)12-16-9(17-18-12)7-19-8-3-1-2-4-8/h5-6,8H,1-4,7H2,(H2,13,15). The fraction of sp³-hybridized carbons (Fsp3) is 0.500. The quantitative estimate of drug-likeness (QED) is 0.916. The van der Waals surface area contributed by atoms with Crippen molar-refractivity contribution in [1.29, 1.82) is 0 Å². The molecule has 2 heterocycles. The summed E-state index contributed by atoms with van der Waals surface area (Å²) in [7, 11) is 0. The molecule has 7 heteroatoms. The Morgan fingerprint density at radius 3 is 2.84 bits per heavy atom. The molecule has 1 saturated carbocycles. The third-order valence-corrected chi connectivity index (χ3v) is 4.52. The molecule has 1 aliphatic carbocycles. The Balaban J connectivity index is 1.67. The van der Waals surface area contributed by atoms with Gasteiger partial charge in [0, 0.05) is 17.6 Å². The third-order valence-electron chi connectivity index (χ3n) is 3.15. The van der Waals surface area contributed by atoms with Crippen LogP contribution in [0.1, 0.15) is 31.5 Å². The van der Waals surface area contributed by atoms with E-state index in [1.54, 1.807) is 6.20 Å². The van der Waals surface area contributed by atoms with Gasteiger partial charge in [-0.05, 0) is 12.8 Å². The lowest BCUT2D eigenvalue weighted by atomic mass is 10.4. The second-order valence-corrected chi connectivity index (χ2v) is 5.81. The lowest BCUT2D eigenvalue weighted by Gasteiger charge is -2.04. The molecule has 1 fully saturated rings. The highest BCUT2D eigenvalue weighted by atomic mass is 32.2. The smallest absolute Gasteiger partial charge is 0.280 e. The molecule has 0 amide bonds. The van der Waals surface area contributed by atoms with Crippen LogP contribution in [0.2, 0.25) is 0 Å². The molecule has 0 spiro atoms. The second-order valence-electron chi connectivity index (χ2n) is 4.52. The average molecular weight is 277 g/mol. The zero-order valence-electron chi connectivity index (χ0n) is 10.5. The number of rotatable bonds is 4. The maximum Gasteiger partial charge on any atom is 0.280 e. The van der Waals surface area contributed by atoms with Crippen molar-refractivity contribution < 1.29 is 4.52 Å². The van der Waals surface area contributed by atoms with E-state index in [9.17, 15) is 0 Å². The van der Waals surface area contributed by atoms with Crippen molar-refractivity contribution >= 4 is 17.6 Å². The van der Waals surface area contributed by atoms with E-state index in [0.717, 1.165) is 11.0 Å². The molecule has 2 aromatic rings. The van der Waals surface area contributed by atoms with E-state index < -0.39 is 0 Å². The molecule has 2 N–H and O–H groups in total. The molecule has 3 rings (SSSR count). The summed E-state index contributed by atoms with van der Waals surface area (Å²) in [5.74, 6) is 2.11. The van der Waals surface area contributed by atoms with Gasteiger partial charge in [-0.3, -0.25) is 0 Å². The van der Waals surface area contributed by atoms with E-state index in [0.29, 0.717) is 23.2 Å². The normalized spacial score (nSPS) is 16.0. The summed E-state index contributed by atoms with van der Waals surface area (Å²) in [6.07, 6.45) is 8.37. The van der Waals surface area contributed by atoms with Gasteiger partial charge in [0.05, 0.1) is 5.75 Å². The average Bonchev–Trinajstić information content (AvgIpc) is 3.08. The van der Waals surface area contributed by atoms with Gasteiger partial charge >= 0.3 is 0 Å². The van der Waals surface area contributed by atoms with Crippen molar-refractivity contribution in [3.8, 4) is 11.6 Å². The van der Waals surface area contributed by atoms with Gasteiger partial charge in [-0.2, -0.15) is 16.7 Å². The van der Waals surface area contributed by atoms with Gasteiger partial charge in [0.15, 0.2) is 17.3 Å². The number of hydrogen-bond acceptors (Lipinski definition) is 7. The van der Waals surface area contributed by atoms with Crippen molar-refractivity contribution in [3.05, 3.63) is 18.2 Å². The maximum atomic E-state index is 5.73. The predicted octanol–water partition coefficient (Wildman–Crippen LogP) is 2.28. The second kappa shape index (κ2) is 5.56. The van der Waals surface area contributed by atoms with Gasteiger partial charge in [0.2, 0.25) is 0 Å². The molecule has 0 bridgehead atoms. The highest BCUT2D eigenvalue weighted by molar-refractivity contribution is 7.99. The first-order valence-corrected chi connectivity index (χ1v) is 7.39. The van der Waals surface area contributed by atoms with E-state index in [2.05, 4.69) is 20.1 Å². The highest BCUT2D eigenvalue weighted by Crippen LogP contribution is 2.31. The number of hydrogen-bond donors (Lipinski definition) is 1. The molecular weight excluding hydrogens is 262 g/mol. The maximum absolute atomic E-state index is 5.73. The Labute approximate surface area is 115 Å². The largest absolute Gasteiger partial charge is 0.382 e. The van der Waals surface area contributed by atoms with E-state index in [4.69, 9.17) is 10.3 Å². The van der Waals surface area contributed by atoms with Gasteiger partial charge in [0.25, 0.3) is 5.89 Å². The van der Waals surface area contributed by atoms with Crippen LogP contribution in [0.3, 0.4) is 0 Å². The number of anilines is 1. The molecule has 6 nitrogen and oxygen atoms in total. The predicted molar refractivity (Wildman–Crippen MR) is 73.3 cm³/mol. The number of nitrogen functional groups attached to an aromatic ring is 1. The first-order chi connectivity index (χ1) is 9.33. The van der Waals surface area contributed by atoms with E-state index in [1.807, 2.05) is 11.8 Å². The van der Waals surface area contributed by atoms with Crippen LogP contribution >= 0.6 is 11.8 Å². The summed E-state index contributed by atoms with van der Waals surface area (Å²) in [5.41, 5.74) is 6.18. The molecule has 1 aliphatic rings. The van der Waals surface area contributed by atoms with Crippen LogP contribution in [-0.4, -0.2) is 25.4 Å². The molecule has 0 radical (unpaired) electrons. The van der Waals surface area contributed by atoms with Gasteiger partial charge < -0.3 is 10.3 Å². The van der Waals surface area contributed by atoms with E-state index in [-0.39, 0.29) is 0 Å². The summed E-state index contributed by atoms with van der Waals surface area (Å²) >= 11 is 1.90. The van der Waals surface area contributed by atoms with Crippen LogP contribution in [0.4, 0.5) is 5.82 Å². The van der Waals surface area contributed by atoms with Crippen LogP contribution < -0.4 is 5.73 Å². The zero-order valence-corrected chi connectivity index (χ0v) is 11.3. The van der Waals surface area contributed by atoms with Crippen LogP contribution in [0.15, 0.2) is 16.9 Å². The summed E-state index contributed by atoms with van der Waals surface area (Å²) in [6, 6.07) is 0. The lowest BCUT2D eigenvalue weighted by Crippen LogP contribution is -1.97.